The predicted octanol–water partition coefficient (Wildman–Crippen LogP) is 0.620. The molecule has 100 valence electrons. The molecule has 0 spiro atoms. The van der Waals surface area contributed by atoms with E-state index < -0.39 is 0 Å². The molecule has 1 saturated heterocycles. The number of ether oxygens (including phenoxy) is 1. The lowest BCUT2D eigenvalue weighted by Crippen LogP contribution is -2.32. The van der Waals surface area contributed by atoms with Crippen molar-refractivity contribution in [2.24, 2.45) is 0 Å². The molecule has 0 aromatic heterocycles. The molecule has 1 rings (SSSR count). The Morgan fingerprint density at radius 1 is 1.47 bits per heavy atom. The number of nitrogens with one attached hydrogen (secondary N) is 2. The smallest absolute Gasteiger partial charge is 0.305 e. The fourth-order valence-electron chi connectivity index (χ4n) is 1.79. The first kappa shape index (κ1) is 16.2. The van der Waals surface area contributed by atoms with Crippen LogP contribution in [0.4, 0.5) is 0 Å². The average Bonchev–Trinajstić information content (AvgIpc) is 2.76. The quantitative estimate of drug-likeness (QED) is 0.545. The summed E-state index contributed by atoms with van der Waals surface area (Å²) in [4.78, 5) is 22.2. The Morgan fingerprint density at radius 3 is 2.82 bits per heavy atom. The summed E-state index contributed by atoms with van der Waals surface area (Å²) in [6.45, 7) is 1.56. The largest absolute Gasteiger partial charge is 0.469 e. The van der Waals surface area contributed by atoms with E-state index in [4.69, 9.17) is 0 Å². The van der Waals surface area contributed by atoms with Crippen LogP contribution in [0.1, 0.15) is 32.1 Å². The highest BCUT2D eigenvalue weighted by Crippen LogP contribution is 2.08. The number of rotatable bonds is 6. The first-order valence-corrected chi connectivity index (χ1v) is 5.79. The molecule has 0 saturated carbocycles. The van der Waals surface area contributed by atoms with E-state index >= 15 is 0 Å². The van der Waals surface area contributed by atoms with E-state index in [-0.39, 0.29) is 24.3 Å². The molecule has 17 heavy (non-hydrogen) atoms. The molecule has 0 aromatic carbocycles. The molecule has 0 bridgehead atoms. The Bertz CT molecular complexity index is 243. The summed E-state index contributed by atoms with van der Waals surface area (Å²) in [5.41, 5.74) is 0. The Balaban J connectivity index is 0.00000256. The van der Waals surface area contributed by atoms with Gasteiger partial charge in [-0.1, -0.05) is 0 Å². The van der Waals surface area contributed by atoms with Crippen molar-refractivity contribution < 1.29 is 14.3 Å². The number of hydrogen-bond donors (Lipinski definition) is 2. The van der Waals surface area contributed by atoms with E-state index in [2.05, 4.69) is 15.4 Å². The van der Waals surface area contributed by atoms with Gasteiger partial charge in [-0.25, -0.2) is 0 Å². The van der Waals surface area contributed by atoms with Gasteiger partial charge in [0.05, 0.1) is 7.11 Å². The van der Waals surface area contributed by atoms with Crippen LogP contribution in [0.5, 0.6) is 0 Å². The van der Waals surface area contributed by atoms with Gasteiger partial charge >= 0.3 is 5.97 Å². The van der Waals surface area contributed by atoms with Gasteiger partial charge in [-0.05, 0) is 25.8 Å². The fraction of sp³-hybridized carbons (Fsp3) is 0.818. The number of carbonyl (C=O) groups is 2. The van der Waals surface area contributed by atoms with Crippen LogP contribution in [0.25, 0.3) is 0 Å². The maximum atomic E-state index is 11.4. The number of amides is 1. The lowest BCUT2D eigenvalue weighted by Gasteiger charge is -2.09. The van der Waals surface area contributed by atoms with E-state index in [9.17, 15) is 9.59 Å². The van der Waals surface area contributed by atoms with Crippen molar-refractivity contribution in [1.29, 1.82) is 0 Å². The van der Waals surface area contributed by atoms with Gasteiger partial charge in [0.1, 0.15) is 0 Å². The summed E-state index contributed by atoms with van der Waals surface area (Å²) in [6, 6.07) is 0.334. The van der Waals surface area contributed by atoms with Crippen LogP contribution in [0, 0.1) is 0 Å². The molecule has 2 N–H and O–H groups in total. The second-order valence-corrected chi connectivity index (χ2v) is 4.03. The molecule has 1 unspecified atom stereocenters. The standard InChI is InChI=1S/C11H20N2O3.ClH/c1-16-11(15)5-3-7-13-10(14)8-9-4-2-6-12-9;/h9,12H,2-8H2,1H3,(H,13,14);1H. The van der Waals surface area contributed by atoms with E-state index in [1.807, 2.05) is 0 Å². The minimum atomic E-state index is -0.230. The summed E-state index contributed by atoms with van der Waals surface area (Å²) in [7, 11) is 1.37. The monoisotopic (exact) mass is 264 g/mol. The van der Waals surface area contributed by atoms with Gasteiger partial charge in [0, 0.05) is 25.4 Å². The SMILES string of the molecule is COC(=O)CCCNC(=O)CC1CCCN1.Cl. The third kappa shape index (κ3) is 7.18. The molecule has 0 aliphatic carbocycles. The highest BCUT2D eigenvalue weighted by Gasteiger charge is 2.17. The van der Waals surface area contributed by atoms with Gasteiger partial charge in [0.15, 0.2) is 0 Å². The Morgan fingerprint density at radius 2 is 2.24 bits per heavy atom. The first-order valence-electron chi connectivity index (χ1n) is 5.79. The van der Waals surface area contributed by atoms with Gasteiger partial charge in [-0.2, -0.15) is 0 Å². The van der Waals surface area contributed by atoms with Crippen LogP contribution >= 0.6 is 12.4 Å². The lowest BCUT2D eigenvalue weighted by molar-refractivity contribution is -0.140. The van der Waals surface area contributed by atoms with Crippen LogP contribution in [0.15, 0.2) is 0 Å². The zero-order valence-corrected chi connectivity index (χ0v) is 11.0. The minimum absolute atomic E-state index is 0. The molecule has 0 radical (unpaired) electrons. The van der Waals surface area contributed by atoms with Crippen LogP contribution in [0.2, 0.25) is 0 Å². The maximum absolute atomic E-state index is 11.4. The van der Waals surface area contributed by atoms with Gasteiger partial charge in [0.25, 0.3) is 0 Å². The lowest BCUT2D eigenvalue weighted by atomic mass is 10.1. The normalized spacial score (nSPS) is 18.3. The number of methoxy groups -OCH3 is 1. The molecule has 1 aliphatic rings. The molecule has 1 heterocycles. The topological polar surface area (TPSA) is 67.4 Å². The third-order valence-corrected chi connectivity index (χ3v) is 2.70. The van der Waals surface area contributed by atoms with Gasteiger partial charge in [0.2, 0.25) is 5.91 Å². The van der Waals surface area contributed by atoms with E-state index in [1.54, 1.807) is 0 Å². The second kappa shape index (κ2) is 9.24. The maximum Gasteiger partial charge on any atom is 0.305 e. The van der Waals surface area contributed by atoms with Crippen molar-refractivity contribution in [2.75, 3.05) is 20.2 Å². The molecule has 1 fully saturated rings. The van der Waals surface area contributed by atoms with Crippen molar-refractivity contribution in [3.05, 3.63) is 0 Å². The molecular weight excluding hydrogens is 244 g/mol. The summed E-state index contributed by atoms with van der Waals surface area (Å²) in [5.74, 6) is -0.170. The number of carbonyl (C=O) groups excluding carboxylic acids is 2. The van der Waals surface area contributed by atoms with Crippen molar-refractivity contribution in [3.8, 4) is 0 Å². The van der Waals surface area contributed by atoms with Crippen LogP contribution in [0.3, 0.4) is 0 Å². The van der Waals surface area contributed by atoms with Gasteiger partial charge in [-0.3, -0.25) is 9.59 Å². The van der Waals surface area contributed by atoms with Gasteiger partial charge in [-0.15, -0.1) is 12.4 Å². The summed E-state index contributed by atoms with van der Waals surface area (Å²) < 4.78 is 4.50. The van der Waals surface area contributed by atoms with Crippen molar-refractivity contribution in [3.63, 3.8) is 0 Å². The Hall–Kier alpha value is -0.810. The Kier molecular flexibility index (Phi) is 8.80. The van der Waals surface area contributed by atoms with Crippen molar-refractivity contribution >= 4 is 24.3 Å². The number of halogens is 1. The van der Waals surface area contributed by atoms with E-state index in [0.717, 1.165) is 19.4 Å². The van der Waals surface area contributed by atoms with E-state index in [0.29, 0.717) is 31.8 Å². The van der Waals surface area contributed by atoms with Gasteiger partial charge < -0.3 is 15.4 Å². The molecule has 5 nitrogen and oxygen atoms in total. The molecule has 1 aliphatic heterocycles. The average molecular weight is 265 g/mol. The van der Waals surface area contributed by atoms with Crippen LogP contribution in [-0.2, 0) is 14.3 Å². The Labute approximate surface area is 108 Å². The summed E-state index contributed by atoms with van der Waals surface area (Å²) >= 11 is 0. The zero-order valence-electron chi connectivity index (χ0n) is 10.2. The first-order chi connectivity index (χ1) is 7.72. The van der Waals surface area contributed by atoms with Crippen molar-refractivity contribution in [2.45, 2.75) is 38.1 Å². The fourth-order valence-corrected chi connectivity index (χ4v) is 1.79. The van der Waals surface area contributed by atoms with Crippen LogP contribution < -0.4 is 10.6 Å². The molecular formula is C11H21ClN2O3. The van der Waals surface area contributed by atoms with Crippen LogP contribution in [-0.4, -0.2) is 38.1 Å². The highest BCUT2D eigenvalue weighted by molar-refractivity contribution is 5.85. The number of hydrogen-bond acceptors (Lipinski definition) is 4. The molecule has 0 aromatic rings. The van der Waals surface area contributed by atoms with E-state index in [1.165, 1.54) is 7.11 Å². The summed E-state index contributed by atoms with van der Waals surface area (Å²) in [5, 5.41) is 6.07. The molecule has 1 atom stereocenters. The molecule has 6 heteroatoms. The molecule has 1 amide bonds. The summed E-state index contributed by atoms with van der Waals surface area (Å²) in [6.07, 6.45) is 3.77. The second-order valence-electron chi connectivity index (χ2n) is 4.03. The third-order valence-electron chi connectivity index (χ3n) is 2.70. The zero-order chi connectivity index (χ0) is 11.8. The predicted molar refractivity (Wildman–Crippen MR) is 67.1 cm³/mol. The highest BCUT2D eigenvalue weighted by atomic mass is 35.5. The van der Waals surface area contributed by atoms with Crippen molar-refractivity contribution in [1.82, 2.24) is 10.6 Å². The number of esters is 1. The minimum Gasteiger partial charge on any atom is -0.469 e.